The number of amides is 3. The van der Waals surface area contributed by atoms with Gasteiger partial charge in [0.1, 0.15) is 18.1 Å². The molecule has 0 aliphatic heterocycles. The highest BCUT2D eigenvalue weighted by molar-refractivity contribution is 5.94. The molecule has 0 aromatic rings. The Morgan fingerprint density at radius 2 is 1.14 bits per heavy atom. The number of carbonyl (C=O) groups excluding carboxylic acids is 3. The zero-order chi connectivity index (χ0) is 27.1. The lowest BCUT2D eigenvalue weighted by molar-refractivity contribution is -0.143. The number of nitrogens with zero attached hydrogens (tertiary/aromatic N) is 2. The molecule has 15 heteroatoms. The zero-order valence-corrected chi connectivity index (χ0v) is 20.5. The molecule has 0 spiro atoms. The molecule has 35 heavy (non-hydrogen) atoms. The van der Waals surface area contributed by atoms with Gasteiger partial charge in [-0.2, -0.15) is 0 Å². The monoisotopic (exact) mass is 500 g/mol. The van der Waals surface area contributed by atoms with E-state index in [0.717, 1.165) is 0 Å². The van der Waals surface area contributed by atoms with E-state index < -0.39 is 53.8 Å². The molecule has 0 aromatic heterocycles. The molecule has 200 valence electrons. The predicted molar refractivity (Wildman–Crippen MR) is 132 cm³/mol. The van der Waals surface area contributed by atoms with Crippen LogP contribution in [0.3, 0.4) is 0 Å². The average Bonchev–Trinajstić information content (AvgIpc) is 2.74. The van der Waals surface area contributed by atoms with E-state index in [2.05, 4.69) is 25.9 Å². The highest BCUT2D eigenvalue weighted by atomic mass is 16.4. The molecule has 0 aliphatic carbocycles. The number of guanidine groups is 2. The van der Waals surface area contributed by atoms with Crippen LogP contribution < -0.4 is 44.6 Å². The largest absolute Gasteiger partial charge is 0.480 e. The lowest BCUT2D eigenvalue weighted by Gasteiger charge is -2.25. The Morgan fingerprint density at radius 3 is 1.49 bits per heavy atom. The first-order valence-electron chi connectivity index (χ1n) is 11.3. The van der Waals surface area contributed by atoms with Gasteiger partial charge in [-0.25, -0.2) is 4.79 Å². The standard InChI is InChI=1S/C20H40N10O5/c1-10(2)14(18(34)35)30-17(33)13(7-5-9-27-20(24)25)29-16(32)12(28-15(31)11(3)21)6-4-8-26-19(22)23/h10-14H,4-9,21H2,1-3H3,(H,28,31)(H,29,32)(H,30,33)(H,34,35)(H4,22,23,26)(H4,24,25,27). The van der Waals surface area contributed by atoms with Crippen LogP contribution in [0.2, 0.25) is 0 Å². The van der Waals surface area contributed by atoms with E-state index >= 15 is 0 Å². The van der Waals surface area contributed by atoms with Gasteiger partial charge in [0.2, 0.25) is 17.7 Å². The van der Waals surface area contributed by atoms with E-state index in [4.69, 9.17) is 28.7 Å². The lowest BCUT2D eigenvalue weighted by atomic mass is 10.0. The summed E-state index contributed by atoms with van der Waals surface area (Å²) in [6.45, 7) is 5.15. The maximum absolute atomic E-state index is 13.0. The summed E-state index contributed by atoms with van der Waals surface area (Å²) in [6, 6.07) is -4.17. The molecule has 4 atom stereocenters. The van der Waals surface area contributed by atoms with Gasteiger partial charge in [0.05, 0.1) is 6.04 Å². The van der Waals surface area contributed by atoms with Gasteiger partial charge >= 0.3 is 5.97 Å². The van der Waals surface area contributed by atoms with Crippen molar-refractivity contribution in [2.45, 2.75) is 70.6 Å². The van der Waals surface area contributed by atoms with Crippen LogP contribution in [-0.4, -0.2) is 78.0 Å². The van der Waals surface area contributed by atoms with Gasteiger partial charge in [0.25, 0.3) is 0 Å². The van der Waals surface area contributed by atoms with Crippen LogP contribution in [0.25, 0.3) is 0 Å². The van der Waals surface area contributed by atoms with Gasteiger partial charge in [-0.15, -0.1) is 0 Å². The molecular weight excluding hydrogens is 460 g/mol. The number of carbonyl (C=O) groups is 4. The summed E-state index contributed by atoms with van der Waals surface area (Å²) < 4.78 is 0. The number of nitrogens with one attached hydrogen (secondary N) is 3. The van der Waals surface area contributed by atoms with Gasteiger partial charge in [0.15, 0.2) is 11.9 Å². The van der Waals surface area contributed by atoms with E-state index in [-0.39, 0.29) is 37.9 Å². The number of carboxylic acid groups (broad SMARTS) is 1. The van der Waals surface area contributed by atoms with Crippen molar-refractivity contribution in [3.05, 3.63) is 0 Å². The van der Waals surface area contributed by atoms with Gasteiger partial charge in [-0.1, -0.05) is 13.8 Å². The third-order valence-electron chi connectivity index (χ3n) is 4.80. The molecule has 0 heterocycles. The Morgan fingerprint density at radius 1 is 0.743 bits per heavy atom. The van der Waals surface area contributed by atoms with Crippen molar-refractivity contribution in [2.24, 2.45) is 44.6 Å². The topological polar surface area (TPSA) is 279 Å². The minimum atomic E-state index is -1.21. The fourth-order valence-corrected chi connectivity index (χ4v) is 2.89. The van der Waals surface area contributed by atoms with Gasteiger partial charge in [-0.3, -0.25) is 24.4 Å². The summed E-state index contributed by atoms with van der Waals surface area (Å²) in [5.41, 5.74) is 26.8. The SMILES string of the molecule is CC(N)C(=O)NC(CCCN=C(N)N)C(=O)NC(CCCN=C(N)N)C(=O)NC(C(=O)O)C(C)C. The number of aliphatic imine (C=N–C) groups is 2. The van der Waals surface area contributed by atoms with Crippen molar-refractivity contribution in [2.75, 3.05) is 13.1 Å². The molecule has 0 radical (unpaired) electrons. The predicted octanol–water partition coefficient (Wildman–Crippen LogP) is -3.36. The van der Waals surface area contributed by atoms with E-state index in [1.54, 1.807) is 13.8 Å². The Hall–Kier alpha value is -3.62. The number of hydrogen-bond donors (Lipinski definition) is 9. The highest BCUT2D eigenvalue weighted by Crippen LogP contribution is 2.07. The first kappa shape index (κ1) is 31.4. The lowest BCUT2D eigenvalue weighted by Crippen LogP contribution is -2.57. The molecule has 0 fully saturated rings. The molecular formula is C20H40N10O5. The molecule has 0 rings (SSSR count). The van der Waals surface area contributed by atoms with E-state index in [0.29, 0.717) is 12.8 Å². The van der Waals surface area contributed by atoms with Crippen LogP contribution in [0, 0.1) is 5.92 Å². The van der Waals surface area contributed by atoms with Crippen molar-refractivity contribution in [1.29, 1.82) is 0 Å². The Kier molecular flexibility index (Phi) is 14.4. The van der Waals surface area contributed by atoms with Crippen molar-refractivity contribution in [3.8, 4) is 0 Å². The molecule has 15 nitrogen and oxygen atoms in total. The van der Waals surface area contributed by atoms with Gasteiger partial charge in [-0.05, 0) is 38.5 Å². The van der Waals surface area contributed by atoms with Crippen molar-refractivity contribution >= 4 is 35.6 Å². The summed E-state index contributed by atoms with van der Waals surface area (Å²) >= 11 is 0. The fourth-order valence-electron chi connectivity index (χ4n) is 2.89. The Bertz CT molecular complexity index is 776. The van der Waals surface area contributed by atoms with E-state index in [9.17, 15) is 24.3 Å². The molecule has 0 saturated carbocycles. The van der Waals surface area contributed by atoms with Gasteiger partial charge < -0.3 is 49.7 Å². The number of rotatable bonds is 16. The van der Waals surface area contributed by atoms with Crippen molar-refractivity contribution in [1.82, 2.24) is 16.0 Å². The van der Waals surface area contributed by atoms with Crippen LogP contribution >= 0.6 is 0 Å². The number of carboxylic acids is 1. The minimum absolute atomic E-state index is 0.110. The third-order valence-corrected chi connectivity index (χ3v) is 4.80. The van der Waals surface area contributed by atoms with Crippen molar-refractivity contribution < 1.29 is 24.3 Å². The van der Waals surface area contributed by atoms with Crippen LogP contribution in [0.1, 0.15) is 46.5 Å². The quantitative estimate of drug-likeness (QED) is 0.0576. The number of aliphatic carboxylic acids is 1. The summed E-state index contributed by atoms with van der Waals surface area (Å²) in [6.07, 6.45) is 0.940. The second-order valence-electron chi connectivity index (χ2n) is 8.38. The smallest absolute Gasteiger partial charge is 0.326 e. The van der Waals surface area contributed by atoms with Crippen LogP contribution in [-0.2, 0) is 19.2 Å². The molecule has 0 saturated heterocycles. The molecule has 0 aliphatic rings. The third kappa shape index (κ3) is 13.6. The summed E-state index contributed by atoms with van der Waals surface area (Å²) in [7, 11) is 0. The maximum Gasteiger partial charge on any atom is 0.326 e. The summed E-state index contributed by atoms with van der Waals surface area (Å²) in [5, 5.41) is 17.0. The molecule has 3 amide bonds. The highest BCUT2D eigenvalue weighted by Gasteiger charge is 2.30. The molecule has 0 bridgehead atoms. The van der Waals surface area contributed by atoms with Crippen LogP contribution in [0.4, 0.5) is 0 Å². The Balaban J connectivity index is 5.59. The van der Waals surface area contributed by atoms with E-state index in [1.165, 1.54) is 6.92 Å². The first-order valence-corrected chi connectivity index (χ1v) is 11.3. The second kappa shape index (κ2) is 16.1. The molecule has 14 N–H and O–H groups in total. The average molecular weight is 501 g/mol. The maximum atomic E-state index is 13.0. The number of nitrogens with two attached hydrogens (primary N) is 5. The van der Waals surface area contributed by atoms with Crippen molar-refractivity contribution in [3.63, 3.8) is 0 Å². The van der Waals surface area contributed by atoms with E-state index in [1.807, 2.05) is 0 Å². The van der Waals surface area contributed by atoms with Crippen LogP contribution in [0.15, 0.2) is 9.98 Å². The molecule has 0 aromatic carbocycles. The van der Waals surface area contributed by atoms with Crippen LogP contribution in [0.5, 0.6) is 0 Å². The zero-order valence-electron chi connectivity index (χ0n) is 20.5. The minimum Gasteiger partial charge on any atom is -0.480 e. The van der Waals surface area contributed by atoms with Gasteiger partial charge in [0, 0.05) is 13.1 Å². The number of hydrogen-bond acceptors (Lipinski definition) is 7. The second-order valence-corrected chi connectivity index (χ2v) is 8.38. The fraction of sp³-hybridized carbons (Fsp3) is 0.700. The molecule has 4 unspecified atom stereocenters. The first-order chi connectivity index (χ1) is 16.3. The summed E-state index contributed by atoms with van der Waals surface area (Å²) in [4.78, 5) is 57.2. The summed E-state index contributed by atoms with van der Waals surface area (Å²) in [5.74, 6) is -3.75. The Labute approximate surface area is 204 Å². The normalized spacial score (nSPS) is 14.1.